The minimum absolute atomic E-state index is 0.138. The molecule has 4 nitrogen and oxygen atoms in total. The minimum atomic E-state index is -0.240. The Morgan fingerprint density at radius 3 is 2.83 bits per heavy atom. The van der Waals surface area contributed by atoms with Gasteiger partial charge in [0.15, 0.2) is 0 Å². The molecule has 1 heterocycles. The van der Waals surface area contributed by atoms with Crippen molar-refractivity contribution in [2.45, 2.75) is 6.04 Å². The molecule has 0 spiro atoms. The number of primary amides is 1. The van der Waals surface area contributed by atoms with Gasteiger partial charge in [0.1, 0.15) is 6.04 Å². The van der Waals surface area contributed by atoms with E-state index in [-0.39, 0.29) is 11.9 Å². The summed E-state index contributed by atoms with van der Waals surface area (Å²) in [6.45, 7) is 7.12. The smallest absolute Gasteiger partial charge is 0.236 e. The Kier molecular flexibility index (Phi) is 3.05. The fourth-order valence-electron chi connectivity index (χ4n) is 1.44. The third kappa shape index (κ3) is 1.95. The van der Waals surface area contributed by atoms with Gasteiger partial charge in [-0.25, -0.2) is 0 Å². The summed E-state index contributed by atoms with van der Waals surface area (Å²) in [5.41, 5.74) is 5.25. The van der Waals surface area contributed by atoms with Crippen molar-refractivity contribution in [3.63, 3.8) is 0 Å². The van der Waals surface area contributed by atoms with Crippen LogP contribution in [-0.2, 0) is 4.79 Å². The minimum Gasteiger partial charge on any atom is -0.368 e. The Morgan fingerprint density at radius 2 is 2.33 bits per heavy atom. The van der Waals surface area contributed by atoms with Crippen LogP contribution in [0.1, 0.15) is 0 Å². The van der Waals surface area contributed by atoms with Crippen molar-refractivity contribution in [2.24, 2.45) is 5.73 Å². The summed E-state index contributed by atoms with van der Waals surface area (Å²) in [6.07, 6.45) is 0. The molecule has 1 aliphatic heterocycles. The van der Waals surface area contributed by atoms with Crippen LogP contribution in [0.2, 0.25) is 0 Å². The topological polar surface area (TPSA) is 49.6 Å². The van der Waals surface area contributed by atoms with Crippen LogP contribution in [0.3, 0.4) is 0 Å². The number of carbonyl (C=O) groups excluding carboxylic acids is 1. The van der Waals surface area contributed by atoms with E-state index in [1.54, 1.807) is 0 Å². The van der Waals surface area contributed by atoms with Gasteiger partial charge in [0.05, 0.1) is 0 Å². The van der Waals surface area contributed by atoms with Crippen LogP contribution in [0.4, 0.5) is 0 Å². The molecule has 2 N–H and O–H groups in total. The molecule has 1 fully saturated rings. The number of hydrogen-bond donors (Lipinski definition) is 1. The van der Waals surface area contributed by atoms with Gasteiger partial charge in [-0.2, -0.15) is 0 Å². The quantitative estimate of drug-likeness (QED) is 0.573. The Labute approximate surface area is 73.3 Å². The van der Waals surface area contributed by atoms with E-state index < -0.39 is 0 Å². The van der Waals surface area contributed by atoms with E-state index in [1.165, 1.54) is 0 Å². The summed E-state index contributed by atoms with van der Waals surface area (Å²) in [4.78, 5) is 15.1. The maximum absolute atomic E-state index is 11.0. The lowest BCUT2D eigenvalue weighted by Gasteiger charge is -2.37. The third-order valence-corrected chi connectivity index (χ3v) is 2.38. The molecule has 0 saturated carbocycles. The SMILES string of the molecule is [CH2]CN1CCN(C)C(C(N)=O)C1. The number of piperazine rings is 1. The van der Waals surface area contributed by atoms with Crippen LogP contribution in [0, 0.1) is 6.92 Å². The molecule has 1 saturated heterocycles. The fourth-order valence-corrected chi connectivity index (χ4v) is 1.44. The lowest BCUT2D eigenvalue weighted by atomic mass is 10.2. The van der Waals surface area contributed by atoms with E-state index in [1.807, 2.05) is 11.9 Å². The first kappa shape index (κ1) is 9.48. The van der Waals surface area contributed by atoms with Crippen molar-refractivity contribution in [1.29, 1.82) is 0 Å². The second kappa shape index (κ2) is 3.87. The summed E-state index contributed by atoms with van der Waals surface area (Å²) < 4.78 is 0. The molecular weight excluding hydrogens is 154 g/mol. The van der Waals surface area contributed by atoms with E-state index in [2.05, 4.69) is 11.8 Å². The summed E-state index contributed by atoms with van der Waals surface area (Å²) in [5, 5.41) is 0. The highest BCUT2D eigenvalue weighted by Gasteiger charge is 2.27. The van der Waals surface area contributed by atoms with Crippen LogP contribution in [0.15, 0.2) is 0 Å². The van der Waals surface area contributed by atoms with Crippen molar-refractivity contribution in [3.05, 3.63) is 6.92 Å². The molecule has 1 rings (SSSR count). The highest BCUT2D eigenvalue weighted by Crippen LogP contribution is 2.06. The monoisotopic (exact) mass is 170 g/mol. The molecule has 1 aliphatic rings. The van der Waals surface area contributed by atoms with Gasteiger partial charge in [-0.3, -0.25) is 14.6 Å². The first-order chi connectivity index (χ1) is 5.65. The molecular formula is C8H16N3O. The van der Waals surface area contributed by atoms with Crippen molar-refractivity contribution in [3.8, 4) is 0 Å². The normalized spacial score (nSPS) is 27.3. The molecule has 1 amide bonds. The fraction of sp³-hybridized carbons (Fsp3) is 0.750. The van der Waals surface area contributed by atoms with Crippen LogP contribution in [0.25, 0.3) is 0 Å². The number of nitrogens with two attached hydrogens (primary N) is 1. The van der Waals surface area contributed by atoms with E-state index in [0.717, 1.165) is 26.2 Å². The number of rotatable bonds is 2. The molecule has 0 aromatic rings. The van der Waals surface area contributed by atoms with E-state index >= 15 is 0 Å². The molecule has 0 aromatic carbocycles. The molecule has 69 valence electrons. The number of amides is 1. The summed E-state index contributed by atoms with van der Waals surface area (Å²) in [6, 6.07) is -0.138. The molecule has 4 heteroatoms. The van der Waals surface area contributed by atoms with Gasteiger partial charge in [-0.15, -0.1) is 0 Å². The van der Waals surface area contributed by atoms with E-state index in [9.17, 15) is 4.79 Å². The van der Waals surface area contributed by atoms with Gasteiger partial charge < -0.3 is 5.73 Å². The number of hydrogen-bond acceptors (Lipinski definition) is 3. The molecule has 1 radical (unpaired) electrons. The van der Waals surface area contributed by atoms with Crippen molar-refractivity contribution >= 4 is 5.91 Å². The van der Waals surface area contributed by atoms with Gasteiger partial charge in [0, 0.05) is 19.6 Å². The highest BCUT2D eigenvalue weighted by molar-refractivity contribution is 5.80. The van der Waals surface area contributed by atoms with Gasteiger partial charge in [0.2, 0.25) is 5.91 Å². The number of likely N-dealkylation sites (N-methyl/N-ethyl adjacent to an activating group) is 1. The van der Waals surface area contributed by atoms with Crippen molar-refractivity contribution < 1.29 is 4.79 Å². The standard InChI is InChI=1S/C8H16N3O/c1-3-11-5-4-10(2)7(6-11)8(9)12/h7H,1,3-6H2,2H3,(H2,9,12). The zero-order valence-electron chi connectivity index (χ0n) is 7.49. The lowest BCUT2D eigenvalue weighted by molar-refractivity contribution is -0.124. The van der Waals surface area contributed by atoms with Crippen molar-refractivity contribution in [2.75, 3.05) is 33.2 Å². The summed E-state index contributed by atoms with van der Waals surface area (Å²) >= 11 is 0. The maximum atomic E-state index is 11.0. The zero-order valence-corrected chi connectivity index (χ0v) is 7.49. The number of nitrogens with zero attached hydrogens (tertiary/aromatic N) is 2. The Morgan fingerprint density at radius 1 is 1.67 bits per heavy atom. The largest absolute Gasteiger partial charge is 0.368 e. The summed E-state index contributed by atoms with van der Waals surface area (Å²) in [7, 11) is 1.93. The summed E-state index contributed by atoms with van der Waals surface area (Å²) in [5.74, 6) is -0.240. The van der Waals surface area contributed by atoms with Gasteiger partial charge in [-0.05, 0) is 20.5 Å². The predicted molar refractivity (Wildman–Crippen MR) is 47.4 cm³/mol. The molecule has 0 aromatic heterocycles. The highest BCUT2D eigenvalue weighted by atomic mass is 16.1. The molecule has 12 heavy (non-hydrogen) atoms. The van der Waals surface area contributed by atoms with Gasteiger partial charge >= 0.3 is 0 Å². The van der Waals surface area contributed by atoms with E-state index in [0.29, 0.717) is 0 Å². The Bertz CT molecular complexity index is 172. The third-order valence-electron chi connectivity index (χ3n) is 2.38. The van der Waals surface area contributed by atoms with Gasteiger partial charge in [-0.1, -0.05) is 0 Å². The first-order valence-corrected chi connectivity index (χ1v) is 4.16. The Hall–Kier alpha value is -0.610. The molecule has 0 aliphatic carbocycles. The molecule has 1 atom stereocenters. The van der Waals surface area contributed by atoms with Crippen LogP contribution in [-0.4, -0.2) is 55.0 Å². The van der Waals surface area contributed by atoms with Gasteiger partial charge in [0.25, 0.3) is 0 Å². The zero-order chi connectivity index (χ0) is 9.14. The van der Waals surface area contributed by atoms with Crippen LogP contribution in [0.5, 0.6) is 0 Å². The lowest BCUT2D eigenvalue weighted by Crippen LogP contribution is -2.56. The molecule has 0 bridgehead atoms. The average molecular weight is 170 g/mol. The predicted octanol–water partition coefficient (Wildman–Crippen LogP) is -1.08. The first-order valence-electron chi connectivity index (χ1n) is 4.16. The van der Waals surface area contributed by atoms with Crippen LogP contribution >= 0.6 is 0 Å². The second-order valence-electron chi connectivity index (χ2n) is 3.20. The molecule has 1 unspecified atom stereocenters. The maximum Gasteiger partial charge on any atom is 0.236 e. The second-order valence-corrected chi connectivity index (χ2v) is 3.20. The van der Waals surface area contributed by atoms with E-state index in [4.69, 9.17) is 5.73 Å². The Balaban J connectivity index is 2.53. The number of carbonyl (C=O) groups is 1. The van der Waals surface area contributed by atoms with Crippen molar-refractivity contribution in [1.82, 2.24) is 9.80 Å². The van der Waals surface area contributed by atoms with Crippen LogP contribution < -0.4 is 5.73 Å². The average Bonchev–Trinajstić information content (AvgIpc) is 2.05.